The van der Waals surface area contributed by atoms with Crippen molar-refractivity contribution in [3.63, 3.8) is 0 Å². The average molecular weight is 479 g/mol. The predicted molar refractivity (Wildman–Crippen MR) is 122 cm³/mol. The van der Waals surface area contributed by atoms with E-state index in [9.17, 15) is 13.2 Å². The van der Waals surface area contributed by atoms with Crippen LogP contribution in [0, 0.1) is 0 Å². The Hall–Kier alpha value is -2.74. The Morgan fingerprint density at radius 3 is 2.29 bits per heavy atom. The number of hydrogen-bond acceptors (Lipinski definition) is 4. The van der Waals surface area contributed by atoms with E-state index in [1.165, 1.54) is 42.5 Å². The van der Waals surface area contributed by atoms with Crippen molar-refractivity contribution in [1.29, 1.82) is 0 Å². The van der Waals surface area contributed by atoms with Gasteiger partial charge in [0.25, 0.3) is 15.9 Å². The Labute approximate surface area is 191 Å². The molecule has 0 unspecified atom stereocenters. The maximum atomic E-state index is 12.5. The summed E-state index contributed by atoms with van der Waals surface area (Å²) in [6, 6.07) is 19.6. The molecule has 1 amide bonds. The van der Waals surface area contributed by atoms with E-state index in [1.807, 2.05) is 37.3 Å². The third-order valence-corrected chi connectivity index (χ3v) is 6.49. The number of hydrogen-bond donors (Lipinski definition) is 2. The van der Waals surface area contributed by atoms with Gasteiger partial charge in [0.2, 0.25) is 0 Å². The molecule has 9 heteroatoms. The minimum Gasteiger partial charge on any atom is -0.484 e. The molecule has 0 spiro atoms. The molecule has 0 bridgehead atoms. The number of rotatable bonds is 8. The molecule has 3 aromatic carbocycles. The van der Waals surface area contributed by atoms with Gasteiger partial charge in [0.05, 0.1) is 26.7 Å². The highest BCUT2D eigenvalue weighted by atomic mass is 35.5. The van der Waals surface area contributed by atoms with E-state index in [4.69, 9.17) is 27.9 Å². The minimum absolute atomic E-state index is 0.0353. The van der Waals surface area contributed by atoms with Crippen LogP contribution in [-0.2, 0) is 14.8 Å². The molecule has 0 aliphatic rings. The Bertz CT molecular complexity index is 1150. The Morgan fingerprint density at radius 2 is 1.65 bits per heavy atom. The van der Waals surface area contributed by atoms with Crippen LogP contribution in [-0.4, -0.2) is 20.9 Å². The topological polar surface area (TPSA) is 84.5 Å². The second-order valence-corrected chi connectivity index (χ2v) is 9.19. The Kier molecular flexibility index (Phi) is 7.43. The van der Waals surface area contributed by atoms with Crippen molar-refractivity contribution in [2.75, 3.05) is 11.3 Å². The van der Waals surface area contributed by atoms with E-state index in [-0.39, 0.29) is 28.5 Å². The number of benzene rings is 3. The van der Waals surface area contributed by atoms with Gasteiger partial charge in [0.15, 0.2) is 6.61 Å². The third kappa shape index (κ3) is 6.37. The zero-order valence-corrected chi connectivity index (χ0v) is 18.8. The first-order valence-electron chi connectivity index (χ1n) is 9.29. The fraction of sp³-hybridized carbons (Fsp3) is 0.136. The second kappa shape index (κ2) is 10.0. The Balaban J connectivity index is 1.56. The lowest BCUT2D eigenvalue weighted by atomic mass is 10.1. The first kappa shape index (κ1) is 22.9. The van der Waals surface area contributed by atoms with Gasteiger partial charge in [0.1, 0.15) is 5.75 Å². The molecule has 0 saturated carbocycles. The molecule has 1 atom stereocenters. The van der Waals surface area contributed by atoms with E-state index in [2.05, 4.69) is 10.0 Å². The number of sulfonamides is 1. The van der Waals surface area contributed by atoms with Gasteiger partial charge in [-0.05, 0) is 55.0 Å². The highest BCUT2D eigenvalue weighted by Gasteiger charge is 2.15. The summed E-state index contributed by atoms with van der Waals surface area (Å²) in [5, 5.41) is 3.42. The highest BCUT2D eigenvalue weighted by molar-refractivity contribution is 7.92. The lowest BCUT2D eigenvalue weighted by Crippen LogP contribution is -2.31. The van der Waals surface area contributed by atoms with Crippen molar-refractivity contribution >= 4 is 44.8 Å². The van der Waals surface area contributed by atoms with Crippen molar-refractivity contribution < 1.29 is 17.9 Å². The molecule has 0 aliphatic heterocycles. The predicted octanol–water partition coefficient (Wildman–Crippen LogP) is 5.05. The molecule has 0 aromatic heterocycles. The van der Waals surface area contributed by atoms with Crippen LogP contribution in [0.25, 0.3) is 0 Å². The number of ether oxygens (including phenoxy) is 1. The van der Waals surface area contributed by atoms with E-state index < -0.39 is 10.0 Å². The maximum Gasteiger partial charge on any atom is 0.261 e. The van der Waals surface area contributed by atoms with Crippen LogP contribution < -0.4 is 14.8 Å². The third-order valence-electron chi connectivity index (χ3n) is 4.35. The zero-order chi connectivity index (χ0) is 22.4. The monoisotopic (exact) mass is 478 g/mol. The number of halogens is 2. The van der Waals surface area contributed by atoms with Gasteiger partial charge < -0.3 is 10.1 Å². The summed E-state index contributed by atoms with van der Waals surface area (Å²) < 4.78 is 33.0. The summed E-state index contributed by atoms with van der Waals surface area (Å²) in [5.41, 5.74) is 1.28. The number of anilines is 1. The molecule has 2 N–H and O–H groups in total. The van der Waals surface area contributed by atoms with E-state index in [0.29, 0.717) is 16.5 Å². The molecule has 3 aromatic rings. The normalized spacial score (nSPS) is 12.1. The van der Waals surface area contributed by atoms with Crippen molar-refractivity contribution in [3.8, 4) is 5.75 Å². The van der Waals surface area contributed by atoms with Crippen LogP contribution in [0.5, 0.6) is 5.75 Å². The van der Waals surface area contributed by atoms with Gasteiger partial charge in [-0.15, -0.1) is 0 Å². The molecule has 3 rings (SSSR count). The van der Waals surface area contributed by atoms with Crippen molar-refractivity contribution in [1.82, 2.24) is 5.32 Å². The zero-order valence-electron chi connectivity index (χ0n) is 16.5. The Morgan fingerprint density at radius 1 is 0.968 bits per heavy atom. The molecule has 0 saturated heterocycles. The number of nitrogens with one attached hydrogen (secondary N) is 2. The minimum atomic E-state index is -3.82. The molecule has 0 fully saturated rings. The van der Waals surface area contributed by atoms with E-state index in [0.717, 1.165) is 5.56 Å². The first-order chi connectivity index (χ1) is 14.7. The summed E-state index contributed by atoms with van der Waals surface area (Å²) in [4.78, 5) is 12.2. The standard InChI is InChI=1S/C22H20Cl2N2O4S/c1-15(16-5-3-2-4-6-16)25-22(27)14-30-18-8-10-19(11-9-18)31(28,29)26-17-7-12-20(23)21(24)13-17/h2-13,15,26H,14H2,1H3,(H,25,27)/t15-/m1/s1. The fourth-order valence-electron chi connectivity index (χ4n) is 2.75. The number of carbonyl (C=O) groups is 1. The van der Waals surface area contributed by atoms with Gasteiger partial charge in [-0.1, -0.05) is 53.5 Å². The van der Waals surface area contributed by atoms with Crippen LogP contribution in [0.3, 0.4) is 0 Å². The molecule has 6 nitrogen and oxygen atoms in total. The van der Waals surface area contributed by atoms with Gasteiger partial charge >= 0.3 is 0 Å². The lowest BCUT2D eigenvalue weighted by Gasteiger charge is -2.15. The average Bonchev–Trinajstić information content (AvgIpc) is 2.75. The first-order valence-corrected chi connectivity index (χ1v) is 11.5. The maximum absolute atomic E-state index is 12.5. The van der Waals surface area contributed by atoms with Crippen molar-refractivity contribution in [3.05, 3.63) is 88.4 Å². The van der Waals surface area contributed by atoms with Crippen LogP contribution in [0.2, 0.25) is 10.0 Å². The SMILES string of the molecule is C[C@@H](NC(=O)COc1ccc(S(=O)(=O)Nc2ccc(Cl)c(Cl)c2)cc1)c1ccccc1. The summed E-state index contributed by atoms with van der Waals surface area (Å²) >= 11 is 11.8. The smallest absolute Gasteiger partial charge is 0.261 e. The van der Waals surface area contributed by atoms with Crippen molar-refractivity contribution in [2.24, 2.45) is 0 Å². The van der Waals surface area contributed by atoms with Gasteiger partial charge in [-0.2, -0.15) is 0 Å². The van der Waals surface area contributed by atoms with Crippen LogP contribution in [0.1, 0.15) is 18.5 Å². The molecular formula is C22H20Cl2N2O4S. The number of carbonyl (C=O) groups excluding carboxylic acids is 1. The molecule has 0 aliphatic carbocycles. The van der Waals surface area contributed by atoms with E-state index in [1.54, 1.807) is 0 Å². The highest BCUT2D eigenvalue weighted by Crippen LogP contribution is 2.27. The van der Waals surface area contributed by atoms with Crippen LogP contribution in [0.15, 0.2) is 77.7 Å². The van der Waals surface area contributed by atoms with Crippen LogP contribution in [0.4, 0.5) is 5.69 Å². The molecular weight excluding hydrogens is 459 g/mol. The van der Waals surface area contributed by atoms with Gasteiger partial charge in [-0.3, -0.25) is 9.52 Å². The second-order valence-electron chi connectivity index (χ2n) is 6.69. The largest absolute Gasteiger partial charge is 0.484 e. The van der Waals surface area contributed by atoms with Crippen molar-refractivity contribution in [2.45, 2.75) is 17.9 Å². The van der Waals surface area contributed by atoms with Gasteiger partial charge in [0, 0.05) is 0 Å². The summed E-state index contributed by atoms with van der Waals surface area (Å²) in [5.74, 6) is 0.0883. The molecule has 162 valence electrons. The van der Waals surface area contributed by atoms with Gasteiger partial charge in [-0.25, -0.2) is 8.42 Å². The summed E-state index contributed by atoms with van der Waals surface area (Å²) in [6.07, 6.45) is 0. The summed E-state index contributed by atoms with van der Waals surface area (Å²) in [6.45, 7) is 1.69. The van der Waals surface area contributed by atoms with E-state index >= 15 is 0 Å². The fourth-order valence-corrected chi connectivity index (χ4v) is 4.09. The van der Waals surface area contributed by atoms with Crippen LogP contribution >= 0.6 is 23.2 Å². The lowest BCUT2D eigenvalue weighted by molar-refractivity contribution is -0.123. The summed E-state index contributed by atoms with van der Waals surface area (Å²) in [7, 11) is -3.82. The molecule has 31 heavy (non-hydrogen) atoms. The quantitative estimate of drug-likeness (QED) is 0.474. The molecule has 0 heterocycles. The number of amides is 1. The molecule has 0 radical (unpaired) electrons.